The monoisotopic (exact) mass is 290 g/mol. The summed E-state index contributed by atoms with van der Waals surface area (Å²) < 4.78 is 0. The van der Waals surface area contributed by atoms with Crippen LogP contribution in [0.1, 0.15) is 30.4 Å². The fraction of sp³-hybridized carbons (Fsp3) is 0.250. The van der Waals surface area contributed by atoms with E-state index in [0.717, 1.165) is 13.0 Å². The third-order valence-electron chi connectivity index (χ3n) is 4.23. The van der Waals surface area contributed by atoms with Gasteiger partial charge in [0, 0.05) is 35.9 Å². The second-order valence-electron chi connectivity index (χ2n) is 5.83. The van der Waals surface area contributed by atoms with Gasteiger partial charge >= 0.3 is 0 Å². The molecule has 22 heavy (non-hydrogen) atoms. The predicted octanol–water partition coefficient (Wildman–Crippen LogP) is 5.15. The van der Waals surface area contributed by atoms with Crippen LogP contribution in [0.3, 0.4) is 0 Å². The molecule has 0 aliphatic rings. The molecule has 3 rings (SSSR count). The lowest BCUT2D eigenvalue weighted by Gasteiger charge is -2.17. The maximum absolute atomic E-state index is 4.16. The van der Waals surface area contributed by atoms with Gasteiger partial charge in [-0.2, -0.15) is 0 Å². The quantitative estimate of drug-likeness (QED) is 0.703. The van der Waals surface area contributed by atoms with E-state index in [1.165, 1.54) is 27.6 Å². The predicted molar refractivity (Wildman–Crippen MR) is 94.4 cm³/mol. The second kappa shape index (κ2) is 6.61. The van der Waals surface area contributed by atoms with Gasteiger partial charge in [-0.1, -0.05) is 42.8 Å². The lowest BCUT2D eigenvalue weighted by atomic mass is 9.95. The number of rotatable bonds is 5. The topological polar surface area (TPSA) is 24.9 Å². The van der Waals surface area contributed by atoms with E-state index in [1.54, 1.807) is 0 Å². The maximum Gasteiger partial charge on any atom is 0.0346 e. The normalized spacial score (nSPS) is 12.3. The minimum absolute atomic E-state index is 0.536. The zero-order valence-electron chi connectivity index (χ0n) is 13.2. The Morgan fingerprint density at radius 3 is 2.59 bits per heavy atom. The molecule has 1 atom stereocenters. The Balaban J connectivity index is 1.72. The van der Waals surface area contributed by atoms with Crippen LogP contribution in [0.4, 0.5) is 5.69 Å². The van der Waals surface area contributed by atoms with Crippen LogP contribution in [0.25, 0.3) is 10.8 Å². The molecule has 0 radical (unpaired) electrons. The van der Waals surface area contributed by atoms with Crippen molar-refractivity contribution in [2.24, 2.45) is 0 Å². The number of benzene rings is 2. The van der Waals surface area contributed by atoms with Crippen LogP contribution in [-0.2, 0) is 0 Å². The average Bonchev–Trinajstić information content (AvgIpc) is 2.57. The Labute approximate surface area is 132 Å². The van der Waals surface area contributed by atoms with E-state index in [4.69, 9.17) is 0 Å². The van der Waals surface area contributed by atoms with Crippen molar-refractivity contribution in [3.05, 3.63) is 72.1 Å². The Morgan fingerprint density at radius 2 is 1.82 bits per heavy atom. The number of nitrogens with zero attached hydrogens (tertiary/aromatic N) is 1. The molecular formula is C20H22N2. The van der Waals surface area contributed by atoms with Crippen molar-refractivity contribution >= 4 is 16.5 Å². The first-order valence-corrected chi connectivity index (χ1v) is 7.90. The number of hydrogen-bond donors (Lipinski definition) is 1. The molecule has 1 aromatic heterocycles. The van der Waals surface area contributed by atoms with Gasteiger partial charge in [0.25, 0.3) is 0 Å². The van der Waals surface area contributed by atoms with Crippen molar-refractivity contribution < 1.29 is 0 Å². The minimum Gasteiger partial charge on any atom is -0.384 e. The SMILES string of the molecule is CCC(CNc1ccc2cnccc2c1)c1ccc(C)cc1. The van der Waals surface area contributed by atoms with E-state index in [9.17, 15) is 0 Å². The number of hydrogen-bond acceptors (Lipinski definition) is 2. The van der Waals surface area contributed by atoms with Crippen molar-refractivity contribution in [1.29, 1.82) is 0 Å². The Hall–Kier alpha value is -2.35. The van der Waals surface area contributed by atoms with Crippen LogP contribution >= 0.6 is 0 Å². The first-order chi connectivity index (χ1) is 10.8. The van der Waals surface area contributed by atoms with Gasteiger partial charge in [-0.15, -0.1) is 0 Å². The van der Waals surface area contributed by atoms with E-state index < -0.39 is 0 Å². The summed E-state index contributed by atoms with van der Waals surface area (Å²) in [4.78, 5) is 4.16. The van der Waals surface area contributed by atoms with E-state index in [0.29, 0.717) is 5.92 Å². The zero-order valence-corrected chi connectivity index (χ0v) is 13.2. The Bertz CT molecular complexity index is 747. The highest BCUT2D eigenvalue weighted by molar-refractivity contribution is 5.84. The van der Waals surface area contributed by atoms with Gasteiger partial charge in [0.1, 0.15) is 0 Å². The molecule has 0 saturated heterocycles. The molecule has 0 aliphatic carbocycles. The summed E-state index contributed by atoms with van der Waals surface area (Å²) in [5, 5.41) is 5.99. The highest BCUT2D eigenvalue weighted by Gasteiger charge is 2.09. The molecule has 0 fully saturated rings. The van der Waals surface area contributed by atoms with E-state index in [-0.39, 0.29) is 0 Å². The van der Waals surface area contributed by atoms with E-state index in [2.05, 4.69) is 72.7 Å². The summed E-state index contributed by atoms with van der Waals surface area (Å²) in [6.07, 6.45) is 4.88. The standard InChI is InChI=1S/C20H22N2/c1-3-16(17-6-4-15(2)5-7-17)14-22-20-9-8-19-13-21-11-10-18(19)12-20/h4-13,16,22H,3,14H2,1-2H3. The van der Waals surface area contributed by atoms with Crippen LogP contribution in [0.5, 0.6) is 0 Å². The molecule has 0 aliphatic heterocycles. The molecule has 2 aromatic carbocycles. The molecule has 3 aromatic rings. The van der Waals surface area contributed by atoms with Crippen molar-refractivity contribution in [2.75, 3.05) is 11.9 Å². The summed E-state index contributed by atoms with van der Waals surface area (Å²) in [5.41, 5.74) is 3.89. The average molecular weight is 290 g/mol. The Kier molecular flexibility index (Phi) is 4.38. The van der Waals surface area contributed by atoms with Gasteiger partial charge in [-0.3, -0.25) is 4.98 Å². The van der Waals surface area contributed by atoms with Crippen molar-refractivity contribution in [1.82, 2.24) is 4.98 Å². The van der Waals surface area contributed by atoms with Gasteiger partial charge < -0.3 is 5.32 Å². The Morgan fingerprint density at radius 1 is 1.00 bits per heavy atom. The summed E-state index contributed by atoms with van der Waals surface area (Å²) in [6.45, 7) is 5.33. The number of pyridine rings is 1. The third-order valence-corrected chi connectivity index (χ3v) is 4.23. The largest absolute Gasteiger partial charge is 0.384 e. The van der Waals surface area contributed by atoms with Gasteiger partial charge in [0.05, 0.1) is 0 Å². The maximum atomic E-state index is 4.16. The van der Waals surface area contributed by atoms with Crippen LogP contribution < -0.4 is 5.32 Å². The second-order valence-corrected chi connectivity index (χ2v) is 5.83. The number of nitrogens with one attached hydrogen (secondary N) is 1. The molecule has 2 heteroatoms. The van der Waals surface area contributed by atoms with E-state index >= 15 is 0 Å². The third kappa shape index (κ3) is 3.28. The molecule has 1 heterocycles. The van der Waals surface area contributed by atoms with Crippen molar-refractivity contribution in [2.45, 2.75) is 26.2 Å². The van der Waals surface area contributed by atoms with Crippen LogP contribution in [0.15, 0.2) is 60.9 Å². The molecular weight excluding hydrogens is 268 g/mol. The highest BCUT2D eigenvalue weighted by atomic mass is 14.9. The molecule has 112 valence electrons. The fourth-order valence-corrected chi connectivity index (χ4v) is 2.77. The first kappa shape index (κ1) is 14.6. The molecule has 0 spiro atoms. The molecule has 1 N–H and O–H groups in total. The summed E-state index contributed by atoms with van der Waals surface area (Å²) in [7, 11) is 0. The van der Waals surface area contributed by atoms with Crippen molar-refractivity contribution in [3.8, 4) is 0 Å². The minimum atomic E-state index is 0.536. The molecule has 0 amide bonds. The van der Waals surface area contributed by atoms with Gasteiger partial charge in [0.15, 0.2) is 0 Å². The fourth-order valence-electron chi connectivity index (χ4n) is 2.77. The summed E-state index contributed by atoms with van der Waals surface area (Å²) in [6, 6.07) is 17.4. The van der Waals surface area contributed by atoms with Crippen molar-refractivity contribution in [3.63, 3.8) is 0 Å². The number of anilines is 1. The lowest BCUT2D eigenvalue weighted by molar-refractivity contribution is 0.695. The molecule has 1 unspecified atom stereocenters. The number of fused-ring (bicyclic) bond motifs is 1. The number of aromatic nitrogens is 1. The number of aryl methyl sites for hydroxylation is 1. The molecule has 0 bridgehead atoms. The summed E-state index contributed by atoms with van der Waals surface area (Å²) in [5.74, 6) is 0.536. The van der Waals surface area contributed by atoms with Gasteiger partial charge in [0.2, 0.25) is 0 Å². The van der Waals surface area contributed by atoms with Crippen LogP contribution in [-0.4, -0.2) is 11.5 Å². The lowest BCUT2D eigenvalue weighted by Crippen LogP contribution is -2.12. The zero-order chi connectivity index (χ0) is 15.4. The van der Waals surface area contributed by atoms with Gasteiger partial charge in [-0.25, -0.2) is 0 Å². The van der Waals surface area contributed by atoms with Crippen LogP contribution in [0.2, 0.25) is 0 Å². The summed E-state index contributed by atoms with van der Waals surface area (Å²) >= 11 is 0. The smallest absolute Gasteiger partial charge is 0.0346 e. The first-order valence-electron chi connectivity index (χ1n) is 7.90. The van der Waals surface area contributed by atoms with E-state index in [1.807, 2.05) is 12.4 Å². The van der Waals surface area contributed by atoms with Gasteiger partial charge in [-0.05, 0) is 42.5 Å². The molecule has 0 saturated carbocycles. The molecule has 2 nitrogen and oxygen atoms in total. The highest BCUT2D eigenvalue weighted by Crippen LogP contribution is 2.22. The van der Waals surface area contributed by atoms with Crippen LogP contribution in [0, 0.1) is 6.92 Å².